The Morgan fingerprint density at radius 1 is 1.28 bits per heavy atom. The summed E-state index contributed by atoms with van der Waals surface area (Å²) in [5.74, 6) is -0.0640. The number of nitrogen functional groups attached to an aromatic ring is 1. The molecule has 4 rings (SSSR count). The van der Waals surface area contributed by atoms with Gasteiger partial charge in [0.05, 0.1) is 6.54 Å². The van der Waals surface area contributed by atoms with Crippen LogP contribution in [0.5, 0.6) is 0 Å². The van der Waals surface area contributed by atoms with Crippen LogP contribution in [0.2, 0.25) is 0 Å². The third kappa shape index (κ3) is 3.40. The normalized spacial score (nSPS) is 11.1. The smallest absolute Gasteiger partial charge is 0.278 e. The van der Waals surface area contributed by atoms with Crippen molar-refractivity contribution in [2.24, 2.45) is 0 Å². The maximum atomic E-state index is 13.0. The highest BCUT2D eigenvalue weighted by atomic mass is 16.1. The molecule has 0 radical (unpaired) electrons. The molecule has 0 aliphatic carbocycles. The Balaban J connectivity index is 1.84. The van der Waals surface area contributed by atoms with Crippen LogP contribution in [-0.2, 0) is 13.1 Å². The number of rotatable bonds is 5. The van der Waals surface area contributed by atoms with Crippen molar-refractivity contribution < 1.29 is 9.36 Å². The molecule has 0 aromatic carbocycles. The molecule has 0 aliphatic heterocycles. The average Bonchev–Trinajstić information content (AvgIpc) is 2.75. The van der Waals surface area contributed by atoms with E-state index in [0.29, 0.717) is 29.8 Å². The van der Waals surface area contributed by atoms with Crippen LogP contribution in [0.4, 0.5) is 5.82 Å². The summed E-state index contributed by atoms with van der Waals surface area (Å²) in [5, 5.41) is 3.20. The molecule has 4 aromatic heterocycles. The quantitative estimate of drug-likeness (QED) is 0.397. The van der Waals surface area contributed by atoms with Crippen molar-refractivity contribution >= 4 is 28.4 Å². The van der Waals surface area contributed by atoms with Crippen LogP contribution in [0.3, 0.4) is 0 Å². The molecule has 8 heteroatoms. The van der Waals surface area contributed by atoms with Gasteiger partial charge in [0, 0.05) is 25.1 Å². The molecule has 0 atom stereocenters. The fourth-order valence-electron chi connectivity index (χ4n) is 3.31. The fraction of sp³-hybridized carbons (Fsp3) is 0.190. The summed E-state index contributed by atoms with van der Waals surface area (Å²) < 4.78 is 3.20. The van der Waals surface area contributed by atoms with Crippen LogP contribution < -0.4 is 21.2 Å². The van der Waals surface area contributed by atoms with Crippen molar-refractivity contribution in [2.45, 2.75) is 26.4 Å². The maximum Gasteiger partial charge on any atom is 0.278 e. The van der Waals surface area contributed by atoms with Gasteiger partial charge in [-0.1, -0.05) is 24.0 Å². The van der Waals surface area contributed by atoms with E-state index in [0.717, 1.165) is 12.0 Å². The number of anilines is 1. The Morgan fingerprint density at radius 3 is 2.90 bits per heavy atom. The van der Waals surface area contributed by atoms with Gasteiger partial charge >= 0.3 is 0 Å². The second-order valence-corrected chi connectivity index (χ2v) is 6.72. The molecule has 1 amide bonds. The Bertz CT molecular complexity index is 1270. The number of hydrogen-bond acceptors (Lipinski definition) is 5. The summed E-state index contributed by atoms with van der Waals surface area (Å²) in [7, 11) is 0. The molecule has 0 saturated carbocycles. The largest absolute Gasteiger partial charge is 0.348 e. The topological polar surface area (TPSA) is 106 Å². The van der Waals surface area contributed by atoms with Crippen LogP contribution in [0, 0.1) is 0 Å². The van der Waals surface area contributed by atoms with Crippen molar-refractivity contribution in [2.75, 3.05) is 5.73 Å². The van der Waals surface area contributed by atoms with E-state index in [1.807, 2.05) is 19.1 Å². The first-order valence-electron chi connectivity index (χ1n) is 9.40. The van der Waals surface area contributed by atoms with Crippen LogP contribution in [-0.4, -0.2) is 20.3 Å². The molecule has 0 saturated heterocycles. The SMILES string of the molecule is CCC[n+]1c(N)c(C(=O)NCc2cccnc2)cc2c(=O)n3ccccc3nc21. The van der Waals surface area contributed by atoms with Crippen LogP contribution in [0.15, 0.2) is 59.8 Å². The Hall–Kier alpha value is -3.81. The number of carbonyl (C=O) groups excluding carboxylic acids is 1. The molecular formula is C21H21N6O2+. The highest BCUT2D eigenvalue weighted by molar-refractivity contribution is 6.00. The van der Waals surface area contributed by atoms with Crippen LogP contribution >= 0.6 is 0 Å². The van der Waals surface area contributed by atoms with Crippen molar-refractivity contribution in [1.29, 1.82) is 0 Å². The van der Waals surface area contributed by atoms with Gasteiger partial charge in [-0.25, -0.2) is 4.57 Å². The average molecular weight is 389 g/mol. The van der Waals surface area contributed by atoms with Gasteiger partial charge in [0.15, 0.2) is 0 Å². The van der Waals surface area contributed by atoms with E-state index in [2.05, 4.69) is 15.3 Å². The first kappa shape index (κ1) is 18.5. The minimum Gasteiger partial charge on any atom is -0.348 e. The number of amides is 1. The Labute approximate surface area is 166 Å². The molecular weight excluding hydrogens is 368 g/mol. The molecule has 0 spiro atoms. The molecule has 0 unspecified atom stereocenters. The molecule has 3 N–H and O–H groups in total. The lowest BCUT2D eigenvalue weighted by Crippen LogP contribution is -2.42. The van der Waals surface area contributed by atoms with E-state index in [4.69, 9.17) is 5.73 Å². The van der Waals surface area contributed by atoms with Gasteiger partial charge in [0.1, 0.15) is 10.9 Å². The third-order valence-electron chi connectivity index (χ3n) is 4.73. The number of hydrogen-bond donors (Lipinski definition) is 2. The van der Waals surface area contributed by atoms with Crippen molar-refractivity contribution in [3.63, 3.8) is 0 Å². The summed E-state index contributed by atoms with van der Waals surface area (Å²) in [6.07, 6.45) is 5.79. The number of nitrogens with zero attached hydrogens (tertiary/aromatic N) is 4. The number of pyridine rings is 3. The van der Waals surface area contributed by atoms with Gasteiger partial charge in [-0.2, -0.15) is 0 Å². The van der Waals surface area contributed by atoms with Crippen molar-refractivity contribution in [3.8, 4) is 0 Å². The third-order valence-corrected chi connectivity index (χ3v) is 4.73. The van der Waals surface area contributed by atoms with Crippen molar-refractivity contribution in [3.05, 3.63) is 76.5 Å². The summed E-state index contributed by atoms with van der Waals surface area (Å²) in [4.78, 5) is 34.6. The first-order valence-corrected chi connectivity index (χ1v) is 9.40. The Morgan fingerprint density at radius 2 is 2.14 bits per heavy atom. The standard InChI is InChI=1S/C21H20N6O2/c1-2-9-27-18(22)15(20(28)24-13-14-6-5-8-23-12-14)11-16-19(27)25-17-7-3-4-10-26(17)21(16)29/h3-8,10-12,22H,2,9,13H2,1H3,(H,24,28)/p+1. The molecule has 0 bridgehead atoms. The minimum atomic E-state index is -0.351. The molecule has 29 heavy (non-hydrogen) atoms. The summed E-state index contributed by atoms with van der Waals surface area (Å²) in [6, 6.07) is 10.6. The zero-order chi connectivity index (χ0) is 20.4. The highest BCUT2D eigenvalue weighted by Gasteiger charge is 2.23. The number of aryl methyl sites for hydroxylation is 1. The minimum absolute atomic E-state index is 0.239. The van der Waals surface area contributed by atoms with Gasteiger partial charge in [-0.05, 0) is 36.2 Å². The first-order chi connectivity index (χ1) is 14.1. The van der Waals surface area contributed by atoms with E-state index in [1.165, 1.54) is 10.5 Å². The predicted molar refractivity (Wildman–Crippen MR) is 109 cm³/mol. The molecule has 0 fully saturated rings. The monoisotopic (exact) mass is 389 g/mol. The number of fused-ring (bicyclic) bond motifs is 2. The zero-order valence-corrected chi connectivity index (χ0v) is 16.0. The van der Waals surface area contributed by atoms with E-state index < -0.39 is 0 Å². The lowest BCUT2D eigenvalue weighted by molar-refractivity contribution is -0.658. The van der Waals surface area contributed by atoms with E-state index in [9.17, 15) is 9.59 Å². The molecule has 4 heterocycles. The molecule has 4 aromatic rings. The Kier molecular flexibility index (Phi) is 4.90. The van der Waals surface area contributed by atoms with Crippen molar-refractivity contribution in [1.82, 2.24) is 19.7 Å². The van der Waals surface area contributed by atoms with Gasteiger partial charge in [0.25, 0.3) is 17.1 Å². The zero-order valence-electron chi connectivity index (χ0n) is 16.0. The van der Waals surface area contributed by atoms with E-state index in [1.54, 1.807) is 41.4 Å². The summed E-state index contributed by atoms with van der Waals surface area (Å²) in [6.45, 7) is 2.86. The summed E-state index contributed by atoms with van der Waals surface area (Å²) >= 11 is 0. The van der Waals surface area contributed by atoms with Gasteiger partial charge in [-0.15, -0.1) is 0 Å². The molecule has 0 aliphatic rings. The van der Waals surface area contributed by atoms with Crippen LogP contribution in [0.25, 0.3) is 16.7 Å². The van der Waals surface area contributed by atoms with Gasteiger partial charge in [0.2, 0.25) is 11.5 Å². The number of carbonyl (C=O) groups is 1. The van der Waals surface area contributed by atoms with Gasteiger partial charge < -0.3 is 11.1 Å². The fourth-order valence-corrected chi connectivity index (χ4v) is 3.31. The number of aromatic nitrogens is 4. The number of nitrogens with two attached hydrogens (primary N) is 1. The lowest BCUT2D eigenvalue weighted by atomic mass is 10.1. The molecule has 8 nitrogen and oxygen atoms in total. The van der Waals surface area contributed by atoms with Crippen LogP contribution in [0.1, 0.15) is 29.3 Å². The highest BCUT2D eigenvalue weighted by Crippen LogP contribution is 2.15. The summed E-state index contributed by atoms with van der Waals surface area (Å²) in [5.41, 5.74) is 8.23. The second kappa shape index (κ2) is 7.67. The lowest BCUT2D eigenvalue weighted by Gasteiger charge is -2.12. The van der Waals surface area contributed by atoms with E-state index in [-0.39, 0.29) is 22.8 Å². The molecule has 146 valence electrons. The number of nitrogens with one attached hydrogen (secondary N) is 1. The van der Waals surface area contributed by atoms with E-state index >= 15 is 0 Å². The van der Waals surface area contributed by atoms with Gasteiger partial charge in [-0.3, -0.25) is 19.0 Å². The predicted octanol–water partition coefficient (Wildman–Crippen LogP) is 1.45. The second-order valence-electron chi connectivity index (χ2n) is 6.72. The maximum absolute atomic E-state index is 13.0.